The maximum absolute atomic E-state index is 12.9. The molecule has 0 spiro atoms. The molecule has 0 amide bonds. The van der Waals surface area contributed by atoms with Crippen LogP contribution < -0.4 is 0 Å². The van der Waals surface area contributed by atoms with E-state index in [9.17, 15) is 14.4 Å². The molecule has 0 aromatic carbocycles. The summed E-state index contributed by atoms with van der Waals surface area (Å²) in [5.74, 6) is -0.931. The Labute approximate surface area is 457 Å². The lowest BCUT2D eigenvalue weighted by Crippen LogP contribution is -2.30. The SMILES string of the molecule is CC/C=C\C/C=C\C/C=C\C/C=C\C/C=C\CCCCCC(=O)OC(COC(=O)CCCCCCC/C=C\CCC)COC(=O)CCCCCCCCCCCCCCCCC/C=C\C/C=C\CCCCCCC. The van der Waals surface area contributed by atoms with Gasteiger partial charge in [0.25, 0.3) is 0 Å². The third-order valence-corrected chi connectivity index (χ3v) is 13.3. The first-order chi connectivity index (χ1) is 36.5. The minimum atomic E-state index is -0.799. The van der Waals surface area contributed by atoms with Gasteiger partial charge in [-0.2, -0.15) is 0 Å². The highest BCUT2D eigenvalue weighted by Crippen LogP contribution is 2.16. The van der Waals surface area contributed by atoms with E-state index in [1.54, 1.807) is 0 Å². The highest BCUT2D eigenvalue weighted by atomic mass is 16.6. The topological polar surface area (TPSA) is 78.9 Å². The van der Waals surface area contributed by atoms with Crippen LogP contribution in [0.1, 0.15) is 297 Å². The van der Waals surface area contributed by atoms with Gasteiger partial charge in [0.15, 0.2) is 6.10 Å². The Morgan fingerprint density at radius 2 is 0.554 bits per heavy atom. The second kappa shape index (κ2) is 61.9. The number of carbonyl (C=O) groups is 3. The van der Waals surface area contributed by atoms with Gasteiger partial charge in [-0.3, -0.25) is 14.4 Å². The van der Waals surface area contributed by atoms with Gasteiger partial charge >= 0.3 is 17.9 Å². The number of esters is 3. The van der Waals surface area contributed by atoms with E-state index in [0.29, 0.717) is 12.8 Å². The van der Waals surface area contributed by atoms with Crippen LogP contribution in [0.25, 0.3) is 0 Å². The molecule has 0 aliphatic heterocycles. The number of rotatable bonds is 56. The lowest BCUT2D eigenvalue weighted by atomic mass is 10.0. The van der Waals surface area contributed by atoms with Crippen molar-refractivity contribution < 1.29 is 28.6 Å². The minimum Gasteiger partial charge on any atom is -0.462 e. The largest absolute Gasteiger partial charge is 0.462 e. The van der Waals surface area contributed by atoms with Crippen LogP contribution in [0, 0.1) is 0 Å². The molecule has 0 fully saturated rings. The molecule has 1 unspecified atom stereocenters. The molecular weight excluding hydrogens is 913 g/mol. The quantitative estimate of drug-likeness (QED) is 0.0261. The van der Waals surface area contributed by atoms with Crippen molar-refractivity contribution in [3.05, 3.63) is 97.2 Å². The van der Waals surface area contributed by atoms with E-state index in [4.69, 9.17) is 14.2 Å². The summed E-state index contributed by atoms with van der Waals surface area (Å²) < 4.78 is 16.8. The summed E-state index contributed by atoms with van der Waals surface area (Å²) in [5, 5.41) is 0. The van der Waals surface area contributed by atoms with Crippen LogP contribution in [-0.2, 0) is 28.6 Å². The fraction of sp³-hybridized carbons (Fsp3) is 0.721. The highest BCUT2D eigenvalue weighted by molar-refractivity contribution is 5.71. The number of carbonyl (C=O) groups excluding carboxylic acids is 3. The Bertz CT molecular complexity index is 1460. The van der Waals surface area contributed by atoms with Gasteiger partial charge < -0.3 is 14.2 Å². The predicted molar refractivity (Wildman–Crippen MR) is 320 cm³/mol. The van der Waals surface area contributed by atoms with Crippen molar-refractivity contribution in [2.24, 2.45) is 0 Å². The van der Waals surface area contributed by atoms with Crippen molar-refractivity contribution in [2.75, 3.05) is 13.2 Å². The standard InChI is InChI=1S/C68H116O6/c1-4-7-10-13-16-19-22-24-26-28-30-31-32-33-34-35-36-37-39-40-42-44-46-49-52-55-58-61-67(70)73-64-65(63-72-66(69)60-57-54-51-48-21-18-15-12-9-6-3)74-68(71)62-59-56-53-50-47-45-43-41-38-29-27-25-23-20-17-14-11-8-5-2/h8,11-12,15,17,20,22,24-25,27-28,30,38,41,45,47,65H,4-7,9-10,13-14,16,18-19,21,23,26,29,31-37,39-40,42-44,46,48-64H2,1-3H3/b11-8-,15-12-,20-17-,24-22-,27-25-,30-28-,41-38-,47-45-. The number of ether oxygens (including phenoxy) is 3. The van der Waals surface area contributed by atoms with Gasteiger partial charge in [0, 0.05) is 19.3 Å². The average molecular weight is 1030 g/mol. The van der Waals surface area contributed by atoms with Crippen LogP contribution in [-0.4, -0.2) is 37.2 Å². The molecule has 74 heavy (non-hydrogen) atoms. The summed E-state index contributed by atoms with van der Waals surface area (Å²) in [5.41, 5.74) is 0. The van der Waals surface area contributed by atoms with E-state index in [2.05, 4.69) is 118 Å². The molecule has 0 rings (SSSR count). The van der Waals surface area contributed by atoms with Gasteiger partial charge in [0.05, 0.1) is 0 Å². The van der Waals surface area contributed by atoms with Gasteiger partial charge in [-0.1, -0.05) is 259 Å². The zero-order chi connectivity index (χ0) is 53.6. The summed E-state index contributed by atoms with van der Waals surface area (Å²) in [4.78, 5) is 38.2. The van der Waals surface area contributed by atoms with Crippen LogP contribution in [0.5, 0.6) is 0 Å². The van der Waals surface area contributed by atoms with Crippen molar-refractivity contribution in [2.45, 2.75) is 303 Å². The van der Waals surface area contributed by atoms with Crippen molar-refractivity contribution in [3.8, 4) is 0 Å². The maximum Gasteiger partial charge on any atom is 0.306 e. The summed E-state index contributed by atoms with van der Waals surface area (Å²) in [7, 11) is 0. The van der Waals surface area contributed by atoms with Crippen LogP contribution in [0.3, 0.4) is 0 Å². The molecule has 0 bridgehead atoms. The molecule has 0 saturated heterocycles. The number of allylic oxidation sites excluding steroid dienone is 16. The van der Waals surface area contributed by atoms with Crippen molar-refractivity contribution in [3.63, 3.8) is 0 Å². The van der Waals surface area contributed by atoms with E-state index in [-0.39, 0.29) is 37.5 Å². The molecule has 0 N–H and O–H groups in total. The van der Waals surface area contributed by atoms with Crippen molar-refractivity contribution >= 4 is 17.9 Å². The van der Waals surface area contributed by atoms with Gasteiger partial charge in [-0.05, 0) is 116 Å². The maximum atomic E-state index is 12.9. The monoisotopic (exact) mass is 1030 g/mol. The van der Waals surface area contributed by atoms with Gasteiger partial charge in [0.2, 0.25) is 0 Å². The first-order valence-corrected chi connectivity index (χ1v) is 31.2. The molecule has 0 radical (unpaired) electrons. The normalized spacial score (nSPS) is 12.7. The van der Waals surface area contributed by atoms with Gasteiger partial charge in [-0.15, -0.1) is 0 Å². The van der Waals surface area contributed by atoms with Crippen LogP contribution in [0.15, 0.2) is 97.2 Å². The third kappa shape index (κ3) is 59.2. The summed E-state index contributed by atoms with van der Waals surface area (Å²) in [6.07, 6.45) is 82.8. The highest BCUT2D eigenvalue weighted by Gasteiger charge is 2.19. The Morgan fingerprint density at radius 1 is 0.284 bits per heavy atom. The van der Waals surface area contributed by atoms with Crippen LogP contribution >= 0.6 is 0 Å². The smallest absolute Gasteiger partial charge is 0.306 e. The number of hydrogen-bond donors (Lipinski definition) is 0. The molecule has 0 saturated carbocycles. The Balaban J connectivity index is 4.26. The van der Waals surface area contributed by atoms with Crippen LogP contribution in [0.2, 0.25) is 0 Å². The third-order valence-electron chi connectivity index (χ3n) is 13.3. The Kier molecular flexibility index (Phi) is 58.8. The molecule has 6 nitrogen and oxygen atoms in total. The fourth-order valence-electron chi connectivity index (χ4n) is 8.62. The lowest BCUT2D eigenvalue weighted by Gasteiger charge is -2.18. The molecule has 1 atom stereocenters. The lowest BCUT2D eigenvalue weighted by molar-refractivity contribution is -0.167. The summed E-state index contributed by atoms with van der Waals surface area (Å²) >= 11 is 0. The van der Waals surface area contributed by atoms with Crippen molar-refractivity contribution in [1.29, 1.82) is 0 Å². The van der Waals surface area contributed by atoms with Crippen molar-refractivity contribution in [1.82, 2.24) is 0 Å². The molecule has 0 aliphatic carbocycles. The van der Waals surface area contributed by atoms with E-state index >= 15 is 0 Å². The second-order valence-corrected chi connectivity index (χ2v) is 20.6. The summed E-state index contributed by atoms with van der Waals surface area (Å²) in [6.45, 7) is 6.44. The average Bonchev–Trinajstić information content (AvgIpc) is 3.40. The molecule has 0 aromatic heterocycles. The molecular formula is C68H116O6. The first kappa shape index (κ1) is 70.3. The Hall–Kier alpha value is -3.67. The van der Waals surface area contributed by atoms with E-state index < -0.39 is 6.10 Å². The summed E-state index contributed by atoms with van der Waals surface area (Å²) in [6, 6.07) is 0. The van der Waals surface area contributed by atoms with E-state index in [0.717, 1.165) is 122 Å². The molecule has 6 heteroatoms. The molecule has 0 aliphatic rings. The minimum absolute atomic E-state index is 0.0930. The number of hydrogen-bond acceptors (Lipinski definition) is 6. The molecule has 0 heterocycles. The molecule has 0 aromatic rings. The number of unbranched alkanes of at least 4 members (excludes halogenated alkanes) is 29. The first-order valence-electron chi connectivity index (χ1n) is 31.2. The predicted octanol–water partition coefficient (Wildman–Crippen LogP) is 21.3. The zero-order valence-corrected chi connectivity index (χ0v) is 48.6. The van der Waals surface area contributed by atoms with Crippen LogP contribution in [0.4, 0.5) is 0 Å². The second-order valence-electron chi connectivity index (χ2n) is 20.6. The van der Waals surface area contributed by atoms with Gasteiger partial charge in [-0.25, -0.2) is 0 Å². The fourth-order valence-corrected chi connectivity index (χ4v) is 8.62. The zero-order valence-electron chi connectivity index (χ0n) is 48.6. The van der Waals surface area contributed by atoms with E-state index in [1.807, 2.05) is 0 Å². The molecule has 424 valence electrons. The van der Waals surface area contributed by atoms with E-state index in [1.165, 1.54) is 135 Å². The Morgan fingerprint density at radius 3 is 0.905 bits per heavy atom. The van der Waals surface area contributed by atoms with Gasteiger partial charge in [0.1, 0.15) is 13.2 Å².